The Bertz CT molecular complexity index is 356. The highest BCUT2D eigenvalue weighted by molar-refractivity contribution is 7.98. The summed E-state index contributed by atoms with van der Waals surface area (Å²) < 4.78 is 13.5. The van der Waals surface area contributed by atoms with Crippen molar-refractivity contribution in [3.05, 3.63) is 34.1 Å². The number of fused-ring (bicyclic) bond motifs is 1. The van der Waals surface area contributed by atoms with Gasteiger partial charge in [-0.15, -0.1) is 0 Å². The maximum atomic E-state index is 13.5. The van der Waals surface area contributed by atoms with E-state index in [0.717, 1.165) is 5.75 Å². The van der Waals surface area contributed by atoms with Gasteiger partial charge in [0, 0.05) is 16.3 Å². The highest BCUT2D eigenvalue weighted by Crippen LogP contribution is 2.33. The van der Waals surface area contributed by atoms with Gasteiger partial charge in [0.15, 0.2) is 0 Å². The Hall–Kier alpha value is -0.250. The molecule has 1 aromatic rings. The molecule has 0 bridgehead atoms. The Morgan fingerprint density at radius 3 is 3.07 bits per heavy atom. The van der Waals surface area contributed by atoms with Crippen molar-refractivity contribution in [1.82, 2.24) is 0 Å². The number of rotatable bonds is 0. The van der Waals surface area contributed by atoms with E-state index >= 15 is 0 Å². The van der Waals surface area contributed by atoms with Crippen LogP contribution in [0.15, 0.2) is 12.1 Å². The second kappa shape index (κ2) is 4.09. The lowest BCUT2D eigenvalue weighted by molar-refractivity contribution is 0.174. The molecule has 1 N–H and O–H groups in total. The molecule has 0 saturated carbocycles. The first kappa shape index (κ1) is 10.3. The highest BCUT2D eigenvalue weighted by Gasteiger charge is 2.20. The molecule has 1 aliphatic rings. The topological polar surface area (TPSA) is 20.2 Å². The SMILES string of the molecule is OC1CCSCc2c(F)cc(Cl)cc21. The molecule has 1 nitrogen and oxygen atoms in total. The molecular weight excluding hydrogens is 223 g/mol. The van der Waals surface area contributed by atoms with Crippen molar-refractivity contribution in [3.8, 4) is 0 Å². The van der Waals surface area contributed by atoms with E-state index in [0.29, 0.717) is 28.3 Å². The zero-order valence-electron chi connectivity index (χ0n) is 7.46. The van der Waals surface area contributed by atoms with E-state index in [1.807, 2.05) is 0 Å². The molecule has 14 heavy (non-hydrogen) atoms. The highest BCUT2D eigenvalue weighted by atomic mass is 35.5. The molecule has 1 unspecified atom stereocenters. The predicted molar refractivity (Wildman–Crippen MR) is 57.1 cm³/mol. The fourth-order valence-corrected chi connectivity index (χ4v) is 2.85. The summed E-state index contributed by atoms with van der Waals surface area (Å²) in [6, 6.07) is 2.97. The van der Waals surface area contributed by atoms with Crippen LogP contribution in [-0.2, 0) is 5.75 Å². The van der Waals surface area contributed by atoms with Crippen molar-refractivity contribution >= 4 is 23.4 Å². The molecule has 0 aromatic heterocycles. The van der Waals surface area contributed by atoms with Gasteiger partial charge < -0.3 is 5.11 Å². The van der Waals surface area contributed by atoms with E-state index in [1.54, 1.807) is 17.8 Å². The molecule has 2 rings (SSSR count). The van der Waals surface area contributed by atoms with Crippen molar-refractivity contribution in [3.63, 3.8) is 0 Å². The lowest BCUT2D eigenvalue weighted by atomic mass is 10.0. The van der Waals surface area contributed by atoms with Gasteiger partial charge in [-0.3, -0.25) is 0 Å². The number of aliphatic hydroxyl groups is 1. The van der Waals surface area contributed by atoms with Gasteiger partial charge in [-0.25, -0.2) is 4.39 Å². The van der Waals surface area contributed by atoms with Crippen molar-refractivity contribution in [2.75, 3.05) is 5.75 Å². The average Bonchev–Trinajstić information content (AvgIpc) is 2.29. The fraction of sp³-hybridized carbons (Fsp3) is 0.400. The van der Waals surface area contributed by atoms with Gasteiger partial charge in [-0.05, 0) is 29.9 Å². The van der Waals surface area contributed by atoms with Gasteiger partial charge in [0.2, 0.25) is 0 Å². The molecule has 1 atom stereocenters. The van der Waals surface area contributed by atoms with E-state index in [4.69, 9.17) is 11.6 Å². The summed E-state index contributed by atoms with van der Waals surface area (Å²) in [5.41, 5.74) is 1.25. The Morgan fingerprint density at radius 1 is 1.50 bits per heavy atom. The Morgan fingerprint density at radius 2 is 2.29 bits per heavy atom. The Balaban J connectivity index is 2.53. The maximum Gasteiger partial charge on any atom is 0.129 e. The normalized spacial score (nSPS) is 21.5. The molecule has 0 saturated heterocycles. The van der Waals surface area contributed by atoms with Crippen LogP contribution < -0.4 is 0 Å². The van der Waals surface area contributed by atoms with E-state index in [2.05, 4.69) is 0 Å². The summed E-state index contributed by atoms with van der Waals surface area (Å²) in [7, 11) is 0. The van der Waals surface area contributed by atoms with Crippen molar-refractivity contribution in [2.24, 2.45) is 0 Å². The van der Waals surface area contributed by atoms with Crippen LogP contribution in [0.1, 0.15) is 23.7 Å². The van der Waals surface area contributed by atoms with Gasteiger partial charge >= 0.3 is 0 Å². The number of aliphatic hydroxyl groups excluding tert-OH is 1. The quantitative estimate of drug-likeness (QED) is 0.742. The fourth-order valence-electron chi connectivity index (χ4n) is 1.60. The van der Waals surface area contributed by atoms with Gasteiger partial charge in [-0.2, -0.15) is 11.8 Å². The third-order valence-electron chi connectivity index (χ3n) is 2.34. The lowest BCUT2D eigenvalue weighted by Gasteiger charge is -2.12. The van der Waals surface area contributed by atoms with Crippen LogP contribution in [0, 0.1) is 5.82 Å². The van der Waals surface area contributed by atoms with E-state index in [1.165, 1.54) is 6.07 Å². The molecule has 76 valence electrons. The first-order valence-electron chi connectivity index (χ1n) is 4.42. The first-order chi connectivity index (χ1) is 6.68. The van der Waals surface area contributed by atoms with Gasteiger partial charge in [0.25, 0.3) is 0 Å². The van der Waals surface area contributed by atoms with Crippen molar-refractivity contribution < 1.29 is 9.50 Å². The Labute approximate surface area is 91.3 Å². The van der Waals surface area contributed by atoms with Gasteiger partial charge in [-0.1, -0.05) is 11.6 Å². The standard InChI is InChI=1S/C10H10ClFOS/c11-6-3-7-8(9(12)4-6)5-14-2-1-10(7)13/h3-4,10,13H,1-2,5H2. The second-order valence-corrected chi connectivity index (χ2v) is 4.85. The largest absolute Gasteiger partial charge is 0.388 e. The van der Waals surface area contributed by atoms with Crippen molar-refractivity contribution in [1.29, 1.82) is 0 Å². The molecular formula is C10H10ClFOS. The third-order valence-corrected chi connectivity index (χ3v) is 3.57. The molecule has 1 aliphatic heterocycles. The minimum atomic E-state index is -0.576. The molecule has 1 aromatic carbocycles. The molecule has 1 heterocycles. The summed E-state index contributed by atoms with van der Waals surface area (Å²) in [6.07, 6.45) is 0.0884. The number of benzene rings is 1. The summed E-state index contributed by atoms with van der Waals surface area (Å²) in [5, 5.41) is 10.1. The molecule has 4 heteroatoms. The predicted octanol–water partition coefficient (Wildman–Crippen LogP) is 3.15. The Kier molecular flexibility index (Phi) is 3.00. The van der Waals surface area contributed by atoms with Crippen LogP contribution in [-0.4, -0.2) is 10.9 Å². The molecule has 0 radical (unpaired) electrons. The van der Waals surface area contributed by atoms with Crippen LogP contribution in [0.25, 0.3) is 0 Å². The van der Waals surface area contributed by atoms with Crippen molar-refractivity contribution in [2.45, 2.75) is 18.3 Å². The molecule has 0 fully saturated rings. The van der Waals surface area contributed by atoms with Crippen LogP contribution in [0.5, 0.6) is 0 Å². The zero-order valence-corrected chi connectivity index (χ0v) is 9.04. The maximum absolute atomic E-state index is 13.5. The van der Waals surface area contributed by atoms with Gasteiger partial charge in [0.1, 0.15) is 5.82 Å². The monoisotopic (exact) mass is 232 g/mol. The zero-order chi connectivity index (χ0) is 10.1. The first-order valence-corrected chi connectivity index (χ1v) is 5.95. The smallest absolute Gasteiger partial charge is 0.129 e. The van der Waals surface area contributed by atoms with E-state index < -0.39 is 6.10 Å². The number of thioether (sulfide) groups is 1. The van der Waals surface area contributed by atoms with Crippen LogP contribution in [0.2, 0.25) is 5.02 Å². The van der Waals surface area contributed by atoms with Crippen LogP contribution in [0.3, 0.4) is 0 Å². The van der Waals surface area contributed by atoms with Crippen LogP contribution in [0.4, 0.5) is 4.39 Å². The summed E-state index contributed by atoms with van der Waals surface area (Å²) >= 11 is 7.38. The minimum Gasteiger partial charge on any atom is -0.388 e. The molecule has 0 amide bonds. The number of hydrogen-bond donors (Lipinski definition) is 1. The number of hydrogen-bond acceptors (Lipinski definition) is 2. The average molecular weight is 233 g/mol. The lowest BCUT2D eigenvalue weighted by Crippen LogP contribution is -2.01. The van der Waals surface area contributed by atoms with Gasteiger partial charge in [0.05, 0.1) is 6.10 Å². The second-order valence-electron chi connectivity index (χ2n) is 3.31. The summed E-state index contributed by atoms with van der Waals surface area (Å²) in [5.74, 6) is 1.17. The minimum absolute atomic E-state index is 0.305. The molecule has 0 aliphatic carbocycles. The van der Waals surface area contributed by atoms with E-state index in [-0.39, 0.29) is 5.82 Å². The summed E-state index contributed by atoms with van der Waals surface area (Å²) in [6.45, 7) is 0. The van der Waals surface area contributed by atoms with Crippen LogP contribution >= 0.6 is 23.4 Å². The number of halogens is 2. The molecule has 0 spiro atoms. The third kappa shape index (κ3) is 1.90. The summed E-state index contributed by atoms with van der Waals surface area (Å²) in [4.78, 5) is 0. The van der Waals surface area contributed by atoms with E-state index in [9.17, 15) is 9.50 Å².